The number of hydrogen-bond acceptors (Lipinski definition) is 2. The Balaban J connectivity index is 2.90. The summed E-state index contributed by atoms with van der Waals surface area (Å²) < 4.78 is 0. The molecular weight excluding hydrogens is 162 g/mol. The summed E-state index contributed by atoms with van der Waals surface area (Å²) in [6, 6.07) is 7.99. The van der Waals surface area contributed by atoms with E-state index in [1.807, 2.05) is 37.4 Å². The highest BCUT2D eigenvalue weighted by Gasteiger charge is 1.95. The van der Waals surface area contributed by atoms with Gasteiger partial charge in [-0.3, -0.25) is 4.79 Å². The molecule has 2 heteroatoms. The lowest BCUT2D eigenvalue weighted by molar-refractivity contribution is -0.104. The monoisotopic (exact) mass is 175 g/mol. The van der Waals surface area contributed by atoms with Crippen LogP contribution >= 0.6 is 0 Å². The van der Waals surface area contributed by atoms with Crippen molar-refractivity contribution in [1.29, 1.82) is 0 Å². The molecule has 2 nitrogen and oxygen atoms in total. The Morgan fingerprint density at radius 1 is 1.38 bits per heavy atom. The van der Waals surface area contributed by atoms with Gasteiger partial charge in [0.05, 0.1) is 0 Å². The fraction of sp³-hybridized carbons (Fsp3) is 0.182. The normalized spacial score (nSPS) is 10.5. The molecule has 0 fully saturated rings. The number of benzene rings is 1. The molecule has 0 saturated carbocycles. The van der Waals surface area contributed by atoms with Gasteiger partial charge in [0, 0.05) is 6.54 Å². The van der Waals surface area contributed by atoms with E-state index in [9.17, 15) is 4.79 Å². The van der Waals surface area contributed by atoms with Gasteiger partial charge in [-0.1, -0.05) is 30.3 Å². The Morgan fingerprint density at radius 3 is 2.85 bits per heavy atom. The molecule has 1 rings (SSSR count). The number of allylic oxidation sites excluding steroid dienone is 1. The molecule has 0 atom stereocenters. The molecule has 0 aromatic heterocycles. The van der Waals surface area contributed by atoms with Gasteiger partial charge in [-0.2, -0.15) is 0 Å². The van der Waals surface area contributed by atoms with Crippen LogP contribution in [0.5, 0.6) is 0 Å². The zero-order valence-corrected chi connectivity index (χ0v) is 7.66. The quantitative estimate of drug-likeness (QED) is 0.556. The number of carbonyl (C=O) groups excluding carboxylic acids is 1. The molecule has 0 aliphatic carbocycles. The summed E-state index contributed by atoms with van der Waals surface area (Å²) in [6.45, 7) is 0.819. The van der Waals surface area contributed by atoms with Gasteiger partial charge in [0.25, 0.3) is 0 Å². The van der Waals surface area contributed by atoms with Crippen molar-refractivity contribution in [2.45, 2.75) is 6.54 Å². The van der Waals surface area contributed by atoms with Gasteiger partial charge in [-0.05, 0) is 24.3 Å². The van der Waals surface area contributed by atoms with Crippen LogP contribution in [0, 0.1) is 0 Å². The van der Waals surface area contributed by atoms with Crippen LogP contribution in [0.25, 0.3) is 6.08 Å². The van der Waals surface area contributed by atoms with Gasteiger partial charge in [0.15, 0.2) is 0 Å². The topological polar surface area (TPSA) is 29.1 Å². The van der Waals surface area contributed by atoms with Crippen LogP contribution in [0.3, 0.4) is 0 Å². The van der Waals surface area contributed by atoms with Crippen LogP contribution in [0.2, 0.25) is 0 Å². The van der Waals surface area contributed by atoms with Crippen molar-refractivity contribution < 1.29 is 4.79 Å². The number of nitrogens with one attached hydrogen (secondary N) is 1. The highest BCUT2D eigenvalue weighted by molar-refractivity contribution is 5.74. The summed E-state index contributed by atoms with van der Waals surface area (Å²) in [6.07, 6.45) is 4.12. The first-order valence-corrected chi connectivity index (χ1v) is 4.23. The molecule has 0 bridgehead atoms. The Kier molecular flexibility index (Phi) is 3.93. The standard InChI is InChI=1S/C11H13NO/c1-12-9-11-6-3-2-5-10(11)7-4-8-13/h2-8,12H,9H2,1H3. The molecule has 0 aliphatic heterocycles. The molecule has 1 aromatic rings. The van der Waals surface area contributed by atoms with Gasteiger partial charge < -0.3 is 5.32 Å². The molecule has 13 heavy (non-hydrogen) atoms. The molecule has 1 aromatic carbocycles. The highest BCUT2D eigenvalue weighted by atomic mass is 16.1. The largest absolute Gasteiger partial charge is 0.316 e. The average Bonchev–Trinajstić information content (AvgIpc) is 2.17. The predicted octanol–water partition coefficient (Wildman–Crippen LogP) is 1.62. The lowest BCUT2D eigenvalue weighted by Crippen LogP contribution is -2.06. The summed E-state index contributed by atoms with van der Waals surface area (Å²) >= 11 is 0. The summed E-state index contributed by atoms with van der Waals surface area (Å²) in [7, 11) is 1.90. The van der Waals surface area contributed by atoms with E-state index in [0.29, 0.717) is 0 Å². The molecule has 1 N–H and O–H groups in total. The van der Waals surface area contributed by atoms with Gasteiger partial charge in [0.2, 0.25) is 0 Å². The second kappa shape index (κ2) is 5.27. The predicted molar refractivity (Wildman–Crippen MR) is 54.3 cm³/mol. The van der Waals surface area contributed by atoms with Crippen LogP contribution in [0.1, 0.15) is 11.1 Å². The zero-order valence-electron chi connectivity index (χ0n) is 7.66. The number of aldehydes is 1. The average molecular weight is 175 g/mol. The van der Waals surface area contributed by atoms with Crippen molar-refractivity contribution in [3.8, 4) is 0 Å². The van der Waals surface area contributed by atoms with Crippen LogP contribution in [-0.4, -0.2) is 13.3 Å². The van der Waals surface area contributed by atoms with Crippen LogP contribution < -0.4 is 5.32 Å². The molecule has 0 heterocycles. The third-order valence-electron chi connectivity index (χ3n) is 1.78. The number of carbonyl (C=O) groups is 1. The highest BCUT2D eigenvalue weighted by Crippen LogP contribution is 2.09. The first-order chi connectivity index (χ1) is 6.38. The van der Waals surface area contributed by atoms with Crippen molar-refractivity contribution in [3.63, 3.8) is 0 Å². The Bertz CT molecular complexity index is 305. The minimum absolute atomic E-state index is 0.788. The summed E-state index contributed by atoms with van der Waals surface area (Å²) in [5, 5.41) is 3.08. The molecule has 0 unspecified atom stereocenters. The van der Waals surface area contributed by atoms with E-state index in [-0.39, 0.29) is 0 Å². The molecule has 0 amide bonds. The summed E-state index contributed by atoms with van der Waals surface area (Å²) in [4.78, 5) is 10.1. The van der Waals surface area contributed by atoms with Crippen LogP contribution in [0.4, 0.5) is 0 Å². The van der Waals surface area contributed by atoms with Crippen LogP contribution in [0.15, 0.2) is 30.3 Å². The minimum atomic E-state index is 0.788. The van der Waals surface area contributed by atoms with Crippen molar-refractivity contribution in [2.24, 2.45) is 0 Å². The fourth-order valence-corrected chi connectivity index (χ4v) is 1.19. The van der Waals surface area contributed by atoms with Crippen molar-refractivity contribution in [3.05, 3.63) is 41.5 Å². The second-order valence-electron chi connectivity index (χ2n) is 2.72. The Labute approximate surface area is 78.3 Å². The first kappa shape index (κ1) is 9.68. The smallest absolute Gasteiger partial charge is 0.142 e. The molecular formula is C11H13NO. The van der Waals surface area contributed by atoms with E-state index in [0.717, 1.165) is 18.4 Å². The van der Waals surface area contributed by atoms with E-state index in [4.69, 9.17) is 0 Å². The van der Waals surface area contributed by atoms with Crippen LogP contribution in [-0.2, 0) is 11.3 Å². The SMILES string of the molecule is CNCc1ccccc1C=CC=O. The maximum absolute atomic E-state index is 10.1. The Hall–Kier alpha value is -1.41. The van der Waals surface area contributed by atoms with Gasteiger partial charge in [0.1, 0.15) is 6.29 Å². The zero-order chi connectivity index (χ0) is 9.52. The number of hydrogen-bond donors (Lipinski definition) is 1. The van der Waals surface area contributed by atoms with Gasteiger partial charge in [-0.25, -0.2) is 0 Å². The third-order valence-corrected chi connectivity index (χ3v) is 1.78. The summed E-state index contributed by atoms with van der Waals surface area (Å²) in [5.74, 6) is 0. The molecule has 0 radical (unpaired) electrons. The van der Waals surface area contributed by atoms with E-state index in [2.05, 4.69) is 5.32 Å². The van der Waals surface area contributed by atoms with Crippen molar-refractivity contribution >= 4 is 12.4 Å². The lowest BCUT2D eigenvalue weighted by atomic mass is 10.1. The maximum Gasteiger partial charge on any atom is 0.142 e. The first-order valence-electron chi connectivity index (χ1n) is 4.23. The molecule has 0 aliphatic rings. The lowest BCUT2D eigenvalue weighted by Gasteiger charge is -2.03. The van der Waals surface area contributed by atoms with E-state index < -0.39 is 0 Å². The summed E-state index contributed by atoms with van der Waals surface area (Å²) in [5.41, 5.74) is 2.28. The van der Waals surface area contributed by atoms with E-state index in [1.54, 1.807) is 0 Å². The number of rotatable bonds is 4. The van der Waals surface area contributed by atoms with Gasteiger partial charge in [-0.15, -0.1) is 0 Å². The van der Waals surface area contributed by atoms with Crippen molar-refractivity contribution in [2.75, 3.05) is 7.05 Å². The van der Waals surface area contributed by atoms with Crippen molar-refractivity contribution in [1.82, 2.24) is 5.32 Å². The third kappa shape index (κ3) is 2.84. The molecule has 68 valence electrons. The Morgan fingerprint density at radius 2 is 2.15 bits per heavy atom. The minimum Gasteiger partial charge on any atom is -0.316 e. The molecule has 0 spiro atoms. The van der Waals surface area contributed by atoms with E-state index >= 15 is 0 Å². The van der Waals surface area contributed by atoms with E-state index in [1.165, 1.54) is 11.6 Å². The molecule has 0 saturated heterocycles. The maximum atomic E-state index is 10.1. The second-order valence-corrected chi connectivity index (χ2v) is 2.72. The fourth-order valence-electron chi connectivity index (χ4n) is 1.19. The van der Waals surface area contributed by atoms with Gasteiger partial charge >= 0.3 is 0 Å².